The summed E-state index contributed by atoms with van der Waals surface area (Å²) in [6.45, 7) is 0.146. The van der Waals surface area contributed by atoms with Crippen molar-refractivity contribution in [3.63, 3.8) is 0 Å². The number of nitrogens with one attached hydrogen (secondary N) is 2. The Bertz CT molecular complexity index is 1160. The molecule has 31 heavy (non-hydrogen) atoms. The minimum absolute atomic E-state index is 0.0687. The largest absolute Gasteiger partial charge is 0.443 e. The van der Waals surface area contributed by atoms with Crippen LogP contribution in [0.1, 0.15) is 11.1 Å². The quantitative estimate of drug-likeness (QED) is 0.442. The van der Waals surface area contributed by atoms with Gasteiger partial charge in [0.2, 0.25) is 0 Å². The van der Waals surface area contributed by atoms with E-state index in [4.69, 9.17) is 9.47 Å². The Hall–Kier alpha value is -4.26. The number of para-hydroxylation sites is 1. The van der Waals surface area contributed by atoms with E-state index in [0.717, 1.165) is 27.0 Å². The minimum Gasteiger partial charge on any atom is -0.443 e. The lowest BCUT2D eigenvalue weighted by molar-refractivity contribution is 0.126. The van der Waals surface area contributed by atoms with E-state index >= 15 is 0 Å². The van der Waals surface area contributed by atoms with Crippen LogP contribution in [-0.4, -0.2) is 17.2 Å². The molecule has 0 spiro atoms. The van der Waals surface area contributed by atoms with E-state index in [0.29, 0.717) is 5.69 Å². The Morgan fingerprint density at radius 2 is 1.35 bits per heavy atom. The molecule has 0 saturated carbocycles. The maximum atomic E-state index is 12.9. The maximum Gasteiger partial charge on any atom is 0.434 e. The number of fused-ring (bicyclic) bond motifs is 1. The van der Waals surface area contributed by atoms with E-state index in [9.17, 15) is 9.59 Å². The number of hydrazine groups is 1. The highest BCUT2D eigenvalue weighted by Crippen LogP contribution is 2.26. The molecule has 1 aromatic heterocycles. The molecule has 0 aliphatic carbocycles. The van der Waals surface area contributed by atoms with Crippen molar-refractivity contribution >= 4 is 28.8 Å². The van der Waals surface area contributed by atoms with Crippen molar-refractivity contribution in [2.24, 2.45) is 0 Å². The van der Waals surface area contributed by atoms with Gasteiger partial charge in [-0.15, -0.1) is 0 Å². The molecule has 2 N–H and O–H groups in total. The predicted octanol–water partition coefficient (Wildman–Crippen LogP) is 5.15. The number of benzene rings is 3. The normalized spacial score (nSPS) is 10.5. The van der Waals surface area contributed by atoms with Crippen LogP contribution in [-0.2, 0) is 22.7 Å². The van der Waals surface area contributed by atoms with Crippen molar-refractivity contribution in [2.75, 3.05) is 5.01 Å². The molecule has 0 aliphatic heterocycles. The van der Waals surface area contributed by atoms with Gasteiger partial charge in [-0.25, -0.2) is 15.0 Å². The Labute approximate surface area is 179 Å². The number of anilines is 1. The van der Waals surface area contributed by atoms with Crippen LogP contribution < -0.4 is 10.4 Å². The number of ether oxygens (including phenoxy) is 2. The highest BCUT2D eigenvalue weighted by molar-refractivity contribution is 6.01. The summed E-state index contributed by atoms with van der Waals surface area (Å²) in [5.41, 5.74) is 5.43. The van der Waals surface area contributed by atoms with Crippen molar-refractivity contribution < 1.29 is 19.1 Å². The second-order valence-electron chi connectivity index (χ2n) is 6.77. The summed E-state index contributed by atoms with van der Waals surface area (Å²) >= 11 is 0. The zero-order valence-corrected chi connectivity index (χ0v) is 16.7. The van der Waals surface area contributed by atoms with Crippen LogP contribution in [0.2, 0.25) is 0 Å². The number of carbonyl (C=O) groups is 2. The number of carbonyl (C=O) groups excluding carboxylic acids is 2. The second-order valence-corrected chi connectivity index (χ2v) is 6.77. The molecule has 3 aromatic carbocycles. The first-order valence-corrected chi connectivity index (χ1v) is 9.75. The lowest BCUT2D eigenvalue weighted by Crippen LogP contribution is -2.47. The Morgan fingerprint density at radius 1 is 0.774 bits per heavy atom. The van der Waals surface area contributed by atoms with Crippen molar-refractivity contribution in [3.8, 4) is 0 Å². The molecule has 2 amide bonds. The summed E-state index contributed by atoms with van der Waals surface area (Å²) in [7, 11) is 0. The van der Waals surface area contributed by atoms with Crippen molar-refractivity contribution in [3.05, 3.63) is 102 Å². The number of aromatic amines is 1. The van der Waals surface area contributed by atoms with Crippen molar-refractivity contribution in [1.29, 1.82) is 0 Å². The van der Waals surface area contributed by atoms with Crippen LogP contribution in [0.15, 0.2) is 91.1 Å². The van der Waals surface area contributed by atoms with Gasteiger partial charge in [0.05, 0.1) is 5.69 Å². The number of hydrogen-bond donors (Lipinski definition) is 2. The summed E-state index contributed by atoms with van der Waals surface area (Å²) in [5, 5.41) is 1.80. The molecule has 7 heteroatoms. The lowest BCUT2D eigenvalue weighted by Gasteiger charge is -2.22. The summed E-state index contributed by atoms with van der Waals surface area (Å²) in [4.78, 5) is 28.4. The van der Waals surface area contributed by atoms with Crippen LogP contribution in [0.5, 0.6) is 0 Å². The number of nitrogens with zero attached hydrogens (tertiary/aromatic N) is 1. The molecule has 0 saturated heterocycles. The number of hydrogen-bond acceptors (Lipinski definition) is 4. The third kappa shape index (κ3) is 5.02. The molecular weight excluding hydrogens is 394 g/mol. The Balaban J connectivity index is 1.50. The van der Waals surface area contributed by atoms with Gasteiger partial charge in [-0.05, 0) is 17.2 Å². The highest BCUT2D eigenvalue weighted by Gasteiger charge is 2.24. The second kappa shape index (κ2) is 9.49. The molecule has 0 aliphatic rings. The van der Waals surface area contributed by atoms with Crippen LogP contribution in [0.3, 0.4) is 0 Å². The Morgan fingerprint density at radius 3 is 2.03 bits per heavy atom. The first kappa shape index (κ1) is 20.0. The van der Waals surface area contributed by atoms with Gasteiger partial charge in [0, 0.05) is 17.1 Å². The molecular formula is C24H21N3O4. The fourth-order valence-corrected chi connectivity index (χ4v) is 3.08. The molecule has 0 fully saturated rings. The first-order chi connectivity index (χ1) is 15.2. The maximum absolute atomic E-state index is 12.9. The van der Waals surface area contributed by atoms with Crippen LogP contribution in [0.4, 0.5) is 15.3 Å². The van der Waals surface area contributed by atoms with Gasteiger partial charge in [0.1, 0.15) is 13.2 Å². The number of H-pyrrole nitrogens is 1. The van der Waals surface area contributed by atoms with E-state index in [-0.39, 0.29) is 13.2 Å². The first-order valence-electron chi connectivity index (χ1n) is 9.75. The minimum atomic E-state index is -0.772. The summed E-state index contributed by atoms with van der Waals surface area (Å²) < 4.78 is 10.7. The van der Waals surface area contributed by atoms with E-state index < -0.39 is 12.2 Å². The van der Waals surface area contributed by atoms with Crippen LogP contribution in [0.25, 0.3) is 10.9 Å². The average molecular weight is 415 g/mol. The molecule has 156 valence electrons. The van der Waals surface area contributed by atoms with Gasteiger partial charge >= 0.3 is 12.2 Å². The van der Waals surface area contributed by atoms with Gasteiger partial charge in [0.25, 0.3) is 0 Å². The smallest absolute Gasteiger partial charge is 0.434 e. The van der Waals surface area contributed by atoms with Crippen LogP contribution >= 0.6 is 0 Å². The van der Waals surface area contributed by atoms with Gasteiger partial charge in [-0.1, -0.05) is 78.9 Å². The standard InChI is InChI=1S/C24H21N3O4/c28-23(30-16-18-9-3-1-4-10-18)26-27(22-15-25-21-14-8-7-13-20(21)22)24(29)31-17-19-11-5-2-6-12-19/h1-15,25H,16-17H2,(H,26,28). The molecule has 0 atom stereocenters. The molecule has 7 nitrogen and oxygen atoms in total. The van der Waals surface area contributed by atoms with E-state index in [1.807, 2.05) is 84.9 Å². The Kier molecular flexibility index (Phi) is 6.13. The molecule has 4 rings (SSSR count). The lowest BCUT2D eigenvalue weighted by atomic mass is 10.2. The van der Waals surface area contributed by atoms with Gasteiger partial charge in [-0.3, -0.25) is 0 Å². The van der Waals surface area contributed by atoms with Gasteiger partial charge in [0.15, 0.2) is 0 Å². The fourth-order valence-electron chi connectivity index (χ4n) is 3.08. The molecule has 0 radical (unpaired) electrons. The van der Waals surface area contributed by atoms with Gasteiger partial charge < -0.3 is 14.5 Å². The summed E-state index contributed by atoms with van der Waals surface area (Å²) in [5.74, 6) is 0. The average Bonchev–Trinajstić information content (AvgIpc) is 3.25. The zero-order chi connectivity index (χ0) is 21.5. The molecule has 4 aromatic rings. The van der Waals surface area contributed by atoms with E-state index in [1.54, 1.807) is 6.20 Å². The highest BCUT2D eigenvalue weighted by atomic mass is 16.6. The van der Waals surface area contributed by atoms with Crippen molar-refractivity contribution in [2.45, 2.75) is 13.2 Å². The summed E-state index contributed by atoms with van der Waals surface area (Å²) in [6, 6.07) is 26.0. The predicted molar refractivity (Wildman–Crippen MR) is 117 cm³/mol. The van der Waals surface area contributed by atoms with Gasteiger partial charge in [-0.2, -0.15) is 5.01 Å². The topological polar surface area (TPSA) is 83.7 Å². The molecule has 1 heterocycles. The summed E-state index contributed by atoms with van der Waals surface area (Å²) in [6.07, 6.45) is 0.127. The fraction of sp³-hybridized carbons (Fsp3) is 0.0833. The number of rotatable bonds is 5. The third-order valence-electron chi connectivity index (χ3n) is 4.61. The third-order valence-corrected chi connectivity index (χ3v) is 4.61. The van der Waals surface area contributed by atoms with E-state index in [2.05, 4.69) is 10.4 Å². The molecule has 0 bridgehead atoms. The monoisotopic (exact) mass is 415 g/mol. The zero-order valence-electron chi connectivity index (χ0n) is 16.7. The van der Waals surface area contributed by atoms with Crippen LogP contribution in [0, 0.1) is 0 Å². The van der Waals surface area contributed by atoms with E-state index in [1.165, 1.54) is 0 Å². The number of amides is 2. The molecule has 0 unspecified atom stereocenters. The number of aromatic nitrogens is 1. The SMILES string of the molecule is O=C(NN(C(=O)OCc1ccccc1)c1c[nH]c2ccccc12)OCc1ccccc1. The van der Waals surface area contributed by atoms with Crippen molar-refractivity contribution in [1.82, 2.24) is 10.4 Å².